The van der Waals surface area contributed by atoms with Crippen molar-refractivity contribution in [1.29, 1.82) is 0 Å². The Morgan fingerprint density at radius 2 is 0.739 bits per heavy atom. The largest absolute Gasteiger partial charge is 0.508 e. The Balaban J connectivity index is 0.000000158. The number of nitrogens with zero attached hydrogens (tertiary/aromatic N) is 4. The third-order valence-electron chi connectivity index (χ3n) is 22.3. The number of nitrogens with one attached hydrogen (secondary N) is 4. The number of hydrogen-bond acceptors (Lipinski definition) is 12. The normalized spacial score (nSPS) is 10.5. The highest BCUT2D eigenvalue weighted by molar-refractivity contribution is 9.09. The van der Waals surface area contributed by atoms with Gasteiger partial charge in [0.1, 0.15) is 35.0 Å². The molecule has 0 radical (unpaired) electrons. The van der Waals surface area contributed by atoms with E-state index in [9.17, 15) is 34.4 Å². The van der Waals surface area contributed by atoms with E-state index in [-0.39, 0.29) is 41.0 Å². The van der Waals surface area contributed by atoms with Gasteiger partial charge in [0.05, 0.1) is 33.4 Å². The maximum absolute atomic E-state index is 12.3. The number of phenols is 1. The predicted octanol–water partition coefficient (Wildman–Crippen LogP) is 31.0. The minimum absolute atomic E-state index is 0.0125. The molecular weight excluding hydrogens is 1830 g/mol. The quantitative estimate of drug-likeness (QED) is 0.00252. The van der Waals surface area contributed by atoms with Gasteiger partial charge in [-0.05, 0) is 282 Å². The smallest absolute Gasteiger partial charge is 0.211 e. The second-order valence-corrected chi connectivity index (χ2v) is 33.4. The predicted molar refractivity (Wildman–Crippen MR) is 579 cm³/mol. The molecule has 0 bridgehead atoms. The van der Waals surface area contributed by atoms with Gasteiger partial charge in [-0.25, -0.2) is 0 Å². The summed E-state index contributed by atoms with van der Waals surface area (Å²) in [4.78, 5) is 71.5. The Morgan fingerprint density at radius 1 is 0.408 bits per heavy atom. The second kappa shape index (κ2) is 58.4. The van der Waals surface area contributed by atoms with Crippen LogP contribution in [0, 0.1) is 24.0 Å². The lowest BCUT2D eigenvalue weighted by molar-refractivity contribution is -0.483. The van der Waals surface area contributed by atoms with Crippen LogP contribution in [0.5, 0.6) is 28.7 Å². The minimum atomic E-state index is -0.425. The van der Waals surface area contributed by atoms with Gasteiger partial charge in [0.2, 0.25) is 6.54 Å². The topological polar surface area (TPSA) is 280 Å². The molecular formula is C122H115BrN8O11. The number of hydrogen-bond donors (Lipinski definition) is 5. The number of azide groups is 1. The minimum Gasteiger partial charge on any atom is -0.508 e. The van der Waals surface area contributed by atoms with Crippen molar-refractivity contribution in [3.8, 4) is 118 Å². The lowest BCUT2D eigenvalue weighted by Gasteiger charge is -2.12. The molecule has 0 saturated carbocycles. The summed E-state index contributed by atoms with van der Waals surface area (Å²) < 4.78 is 21.5. The number of alkyl halides is 1. The van der Waals surface area contributed by atoms with Crippen LogP contribution in [0.2, 0.25) is 0 Å². The number of carbonyl (C=O) groups is 4. The third-order valence-corrected chi connectivity index (χ3v) is 22.9. The van der Waals surface area contributed by atoms with Gasteiger partial charge in [-0.3, -0.25) is 29.3 Å². The second-order valence-electron chi connectivity index (χ2n) is 32.7. The number of carbonyl (C=O) groups excluding carboxylic acids is 4. The van der Waals surface area contributed by atoms with Crippen molar-refractivity contribution in [2.75, 3.05) is 45.9 Å². The van der Waals surface area contributed by atoms with E-state index in [1.54, 1.807) is 100 Å². The average Bonchev–Trinajstić information content (AvgIpc) is 1.23. The van der Waals surface area contributed by atoms with Crippen molar-refractivity contribution in [3.05, 3.63) is 502 Å². The highest BCUT2D eigenvalue weighted by Gasteiger charge is 2.23. The number of phenolic OH excluding ortho intramolecular Hbond substituents is 1. The van der Waals surface area contributed by atoms with Crippen LogP contribution in [0.25, 0.3) is 106 Å². The first-order valence-electron chi connectivity index (χ1n) is 46.6. The fourth-order valence-corrected chi connectivity index (χ4v) is 14.8. The Kier molecular flexibility index (Phi) is 43.3. The van der Waals surface area contributed by atoms with Crippen molar-refractivity contribution < 1.29 is 48.2 Å². The van der Waals surface area contributed by atoms with Crippen LogP contribution in [0.15, 0.2) is 442 Å². The van der Waals surface area contributed by atoms with E-state index in [0.29, 0.717) is 30.0 Å². The first-order chi connectivity index (χ1) is 69.4. The number of allylic oxidation sites excluding steroid dienone is 1. The molecule has 18 rings (SSSR count). The van der Waals surface area contributed by atoms with Crippen LogP contribution < -0.4 is 18.9 Å². The molecule has 0 amide bonds. The number of nitro groups is 1. The number of aromatic nitrogens is 4. The molecule has 0 saturated heterocycles. The molecule has 1 atom stereocenters. The number of aromatic hydroxyl groups is 1. The molecule has 0 aliphatic rings. The lowest BCUT2D eigenvalue weighted by atomic mass is 9.91. The molecule has 1 unspecified atom stereocenters. The summed E-state index contributed by atoms with van der Waals surface area (Å²) in [7, 11) is 3.16. The van der Waals surface area contributed by atoms with E-state index in [0.717, 1.165) is 117 Å². The van der Waals surface area contributed by atoms with Gasteiger partial charge >= 0.3 is 0 Å². The number of ether oxygens (including phenoxy) is 4. The van der Waals surface area contributed by atoms with Gasteiger partial charge in [-0.1, -0.05) is 299 Å². The summed E-state index contributed by atoms with van der Waals surface area (Å²) in [6, 6.07) is 131. The first-order valence-corrected chi connectivity index (χ1v) is 47.7. The summed E-state index contributed by atoms with van der Waals surface area (Å²) in [6.07, 6.45) is 16.4. The van der Waals surface area contributed by atoms with Gasteiger partial charge in [0.15, 0.2) is 17.3 Å². The number of aldehydes is 1. The molecule has 14 aromatic carbocycles. The van der Waals surface area contributed by atoms with Crippen LogP contribution in [0.4, 0.5) is 0 Å². The fraction of sp³-hybridized carbons (Fsp3) is 0.131. The SMILES string of the molecule is BrCCCCOc1ccc(-c2cc(-c3ccccc3)c[nH]2)cc1.CC(=O)c1ccc(C)cc1.COc1ccc(C(=O)/C=C/c2ccccc2)cc1.COc1ccc(C(=O)CC(C[N+](=O)[O-])c2ccccc2)cc1.Cc1ccc(-c2cc(-c3ccccc3)c[nH]2)cc1.O=Cc1ccccc1.Oc1ccc(-c2cc(-c3ccccc3)c[nH]2)cc1.[N-]=[N+]=NCCCCOc1ccc(-c2cc(-c3ccccc3)c[nH]2)cc1. The van der Waals surface area contributed by atoms with Crippen LogP contribution in [0.1, 0.15) is 109 Å². The molecule has 0 aliphatic heterocycles. The number of Topliss-reactive ketones (excluding diaryl/α,β-unsaturated/α-hetero) is 2. The number of ketones is 3. The number of aryl methyl sites for hydroxylation is 2. The molecule has 716 valence electrons. The van der Waals surface area contributed by atoms with Crippen LogP contribution in [0.3, 0.4) is 0 Å². The van der Waals surface area contributed by atoms with E-state index in [2.05, 4.69) is 211 Å². The van der Waals surface area contributed by atoms with Crippen LogP contribution >= 0.6 is 15.9 Å². The van der Waals surface area contributed by atoms with Crippen molar-refractivity contribution in [3.63, 3.8) is 0 Å². The fourth-order valence-electron chi connectivity index (χ4n) is 14.4. The number of halogens is 1. The first kappa shape index (κ1) is 105. The molecule has 20 heteroatoms. The van der Waals surface area contributed by atoms with Crippen LogP contribution in [-0.2, 0) is 0 Å². The molecule has 0 fully saturated rings. The van der Waals surface area contributed by atoms with E-state index in [1.807, 2.05) is 213 Å². The van der Waals surface area contributed by atoms with Gasteiger partial charge in [-0.2, -0.15) is 0 Å². The molecule has 4 aromatic heterocycles. The number of unbranched alkanes of at least 4 members (excludes halogenated alkanes) is 2. The third kappa shape index (κ3) is 35.7. The summed E-state index contributed by atoms with van der Waals surface area (Å²) >= 11 is 3.43. The lowest BCUT2D eigenvalue weighted by Crippen LogP contribution is -2.16. The standard InChI is InChI=1S/C20H20BrNO.C20H20N4O.C17H17NO4.C17H15N.C16H13NO.C16H14O2.C9H10O.C7H6O/c21-12-4-5-13-23-19-10-8-17(9-11-19)20-14-18(15-22-20)16-6-2-1-3-7-16;21-24-23-12-4-5-13-25-19-10-8-17(9-11-19)20-14-18(15-22-20)16-6-2-1-3-7-16;1-22-16-9-7-14(8-10-16)17(19)11-15(12-18(20)21)13-5-3-2-4-6-13;1-13-7-9-15(10-8-13)17-11-16(12-18-17)14-5-3-2-4-6-14;18-15-8-6-13(7-9-15)16-10-14(11-17-16)12-4-2-1-3-5-12;1-18-15-10-8-14(9-11-15)16(17)12-7-13-5-3-2-4-6-13;1-7-3-5-9(6-4-7)8(2)10;8-6-7-4-2-1-3-5-7/h1-3,6-11,14-15,22H,4-5,12-13H2;1-3,6-11,14-15,22H,4-5,12-13H2;2-10,15H,11-12H2,1H3;2-12,18H,1H3;1-11,17-18H;2-12H,1H3;3-6H,1-2H3;1-6H/b;;;;;12-7+;;. The van der Waals surface area contributed by atoms with Gasteiger partial charge in [-0.15, -0.1) is 0 Å². The van der Waals surface area contributed by atoms with E-state index < -0.39 is 5.92 Å². The van der Waals surface area contributed by atoms with Gasteiger partial charge < -0.3 is 44.0 Å². The van der Waals surface area contributed by atoms with Gasteiger partial charge in [0, 0.05) is 97.9 Å². The number of benzene rings is 14. The molecule has 18 aromatic rings. The zero-order chi connectivity index (χ0) is 100. The summed E-state index contributed by atoms with van der Waals surface area (Å²) in [6.45, 7) is 7.34. The number of H-pyrrole nitrogens is 4. The van der Waals surface area contributed by atoms with Crippen LogP contribution in [-0.4, -0.2) is 99.5 Å². The molecule has 0 spiro atoms. The molecule has 4 heterocycles. The summed E-state index contributed by atoms with van der Waals surface area (Å²) in [5.74, 6) is 3.06. The monoisotopic (exact) mass is 1950 g/mol. The molecule has 5 N–H and O–H groups in total. The zero-order valence-electron chi connectivity index (χ0n) is 80.1. The number of rotatable bonds is 32. The Bertz CT molecular complexity index is 6730. The van der Waals surface area contributed by atoms with Crippen molar-refractivity contribution in [2.24, 2.45) is 5.11 Å². The highest BCUT2D eigenvalue weighted by atomic mass is 79.9. The Labute approximate surface area is 838 Å². The van der Waals surface area contributed by atoms with Crippen molar-refractivity contribution in [1.82, 2.24) is 19.9 Å². The maximum atomic E-state index is 12.3. The van der Waals surface area contributed by atoms with Crippen molar-refractivity contribution in [2.45, 2.75) is 58.8 Å². The van der Waals surface area contributed by atoms with Gasteiger partial charge in [0.25, 0.3) is 0 Å². The highest BCUT2D eigenvalue weighted by Crippen LogP contribution is 2.33. The molecule has 19 nitrogen and oxygen atoms in total. The summed E-state index contributed by atoms with van der Waals surface area (Å²) in [5, 5.41) is 24.7. The zero-order valence-corrected chi connectivity index (χ0v) is 81.7. The number of methoxy groups -OCH3 is 2. The van der Waals surface area contributed by atoms with Crippen molar-refractivity contribution >= 4 is 45.6 Å². The Morgan fingerprint density at radius 3 is 1.09 bits per heavy atom. The average molecular weight is 1950 g/mol. The van der Waals surface area contributed by atoms with E-state index >= 15 is 0 Å². The summed E-state index contributed by atoms with van der Waals surface area (Å²) in [5.41, 5.74) is 33.8. The maximum Gasteiger partial charge on any atom is 0.211 e. The molecule has 0 aliphatic carbocycles. The molecule has 142 heavy (non-hydrogen) atoms. The van der Waals surface area contributed by atoms with E-state index in [1.165, 1.54) is 66.8 Å². The number of aromatic amines is 4. The van der Waals surface area contributed by atoms with E-state index in [4.69, 9.17) is 24.5 Å². The Hall–Kier alpha value is -17.2.